The molecule has 1 aromatic rings. The highest BCUT2D eigenvalue weighted by Crippen LogP contribution is 2.31. The zero-order valence-electron chi connectivity index (χ0n) is 10.8. The van der Waals surface area contributed by atoms with Crippen LogP contribution in [0.4, 0.5) is 11.4 Å². The quantitative estimate of drug-likeness (QED) is 0.472. The summed E-state index contributed by atoms with van der Waals surface area (Å²) in [6, 6.07) is 5.49. The number of hydrogen-bond donors (Lipinski definition) is 1. The number of non-ortho nitro benzene ring substituents is 1. The molecular formula is C13H17IN2O2S. The van der Waals surface area contributed by atoms with Crippen LogP contribution in [0, 0.1) is 13.7 Å². The van der Waals surface area contributed by atoms with Crippen molar-refractivity contribution < 1.29 is 4.92 Å². The first-order chi connectivity index (χ1) is 9.11. The summed E-state index contributed by atoms with van der Waals surface area (Å²) in [6.45, 7) is 0. The highest BCUT2D eigenvalue weighted by Gasteiger charge is 2.24. The summed E-state index contributed by atoms with van der Waals surface area (Å²) in [7, 11) is 0. The number of nitrogens with one attached hydrogen (secondary N) is 1. The van der Waals surface area contributed by atoms with Gasteiger partial charge in [-0.15, -0.1) is 0 Å². The first-order valence-electron chi connectivity index (χ1n) is 6.35. The van der Waals surface area contributed by atoms with E-state index < -0.39 is 0 Å². The van der Waals surface area contributed by atoms with Gasteiger partial charge in [0.2, 0.25) is 0 Å². The highest BCUT2D eigenvalue weighted by molar-refractivity contribution is 14.1. The van der Waals surface area contributed by atoms with Gasteiger partial charge < -0.3 is 5.32 Å². The van der Waals surface area contributed by atoms with Crippen molar-refractivity contribution in [1.29, 1.82) is 0 Å². The van der Waals surface area contributed by atoms with Gasteiger partial charge in [0.05, 0.1) is 4.92 Å². The molecule has 104 valence electrons. The Hall–Kier alpha value is -0.500. The number of thioether (sulfide) groups is 1. The van der Waals surface area contributed by atoms with Gasteiger partial charge in [-0.3, -0.25) is 10.1 Å². The van der Waals surface area contributed by atoms with Crippen molar-refractivity contribution >= 4 is 45.7 Å². The number of nitro groups is 1. The lowest BCUT2D eigenvalue weighted by Gasteiger charge is -2.32. The van der Waals surface area contributed by atoms with Gasteiger partial charge in [0.1, 0.15) is 0 Å². The fourth-order valence-corrected chi connectivity index (χ4v) is 4.07. The second-order valence-corrected chi connectivity index (χ2v) is 6.97. The number of benzene rings is 1. The lowest BCUT2D eigenvalue weighted by molar-refractivity contribution is -0.384. The highest BCUT2D eigenvalue weighted by atomic mass is 127. The monoisotopic (exact) mass is 392 g/mol. The zero-order valence-corrected chi connectivity index (χ0v) is 13.7. The number of anilines is 1. The molecule has 0 spiro atoms. The summed E-state index contributed by atoms with van der Waals surface area (Å²) in [6.07, 6.45) is 7.16. The van der Waals surface area contributed by atoms with E-state index in [0.717, 1.165) is 9.26 Å². The first-order valence-corrected chi connectivity index (χ1v) is 8.71. The minimum atomic E-state index is -0.350. The van der Waals surface area contributed by atoms with E-state index in [-0.39, 0.29) is 10.6 Å². The largest absolute Gasteiger partial charge is 0.380 e. The van der Waals surface area contributed by atoms with Crippen molar-refractivity contribution in [3.05, 3.63) is 31.9 Å². The molecule has 2 atom stereocenters. The topological polar surface area (TPSA) is 55.2 Å². The summed E-state index contributed by atoms with van der Waals surface area (Å²) < 4.78 is 0.914. The van der Waals surface area contributed by atoms with E-state index >= 15 is 0 Å². The van der Waals surface area contributed by atoms with Crippen LogP contribution < -0.4 is 5.32 Å². The summed E-state index contributed by atoms with van der Waals surface area (Å²) in [4.78, 5) is 10.4. The molecule has 2 rings (SSSR count). The van der Waals surface area contributed by atoms with Crippen LogP contribution in [0.2, 0.25) is 0 Å². The Morgan fingerprint density at radius 2 is 2.16 bits per heavy atom. The second-order valence-electron chi connectivity index (χ2n) is 4.73. The van der Waals surface area contributed by atoms with Crippen LogP contribution in [0.5, 0.6) is 0 Å². The summed E-state index contributed by atoms with van der Waals surface area (Å²) in [5.74, 6) is 0. The Morgan fingerprint density at radius 1 is 1.42 bits per heavy atom. The zero-order chi connectivity index (χ0) is 13.8. The molecule has 1 N–H and O–H groups in total. The van der Waals surface area contributed by atoms with Gasteiger partial charge in [-0.2, -0.15) is 11.8 Å². The smallest absolute Gasteiger partial charge is 0.270 e. The molecular weight excluding hydrogens is 375 g/mol. The standard InChI is InChI=1S/C13H17IN2O2S/c1-19-13-5-3-2-4-12(13)15-11-7-6-9(16(17)18)8-10(11)14/h6-8,12-13,15H,2-5H2,1H3. The predicted molar refractivity (Wildman–Crippen MR) is 89.0 cm³/mol. The minimum absolute atomic E-state index is 0.153. The first kappa shape index (κ1) is 14.9. The number of rotatable bonds is 4. The number of nitrogens with zero attached hydrogens (tertiary/aromatic N) is 1. The van der Waals surface area contributed by atoms with Gasteiger partial charge in [-0.05, 0) is 47.8 Å². The van der Waals surface area contributed by atoms with Crippen molar-refractivity contribution in [1.82, 2.24) is 0 Å². The summed E-state index contributed by atoms with van der Waals surface area (Å²) in [5.41, 5.74) is 1.16. The van der Waals surface area contributed by atoms with Gasteiger partial charge in [-0.25, -0.2) is 0 Å². The Bertz CT molecular complexity index is 470. The maximum Gasteiger partial charge on any atom is 0.270 e. The van der Waals surface area contributed by atoms with Gasteiger partial charge in [-0.1, -0.05) is 12.8 Å². The minimum Gasteiger partial charge on any atom is -0.380 e. The molecule has 4 nitrogen and oxygen atoms in total. The molecule has 6 heteroatoms. The van der Waals surface area contributed by atoms with E-state index in [1.54, 1.807) is 12.1 Å². The van der Waals surface area contributed by atoms with E-state index in [4.69, 9.17) is 0 Å². The lowest BCUT2D eigenvalue weighted by atomic mass is 9.94. The molecule has 1 aromatic carbocycles. The van der Waals surface area contributed by atoms with Crippen LogP contribution in [0.1, 0.15) is 25.7 Å². The van der Waals surface area contributed by atoms with Crippen molar-refractivity contribution in [3.63, 3.8) is 0 Å². The summed E-state index contributed by atoms with van der Waals surface area (Å²) in [5, 5.41) is 14.9. The fourth-order valence-electron chi connectivity index (χ4n) is 2.48. The molecule has 1 aliphatic carbocycles. The molecule has 0 aromatic heterocycles. The Morgan fingerprint density at radius 3 is 2.79 bits per heavy atom. The third kappa shape index (κ3) is 3.75. The van der Waals surface area contributed by atoms with Crippen molar-refractivity contribution in [3.8, 4) is 0 Å². The Kier molecular flexibility index (Phi) is 5.32. The van der Waals surface area contributed by atoms with Crippen molar-refractivity contribution in [2.75, 3.05) is 11.6 Å². The van der Waals surface area contributed by atoms with E-state index in [9.17, 15) is 10.1 Å². The number of nitro benzene ring substituents is 1. The third-order valence-corrected chi connectivity index (χ3v) is 5.57. The van der Waals surface area contributed by atoms with Crippen LogP contribution in [0.3, 0.4) is 0 Å². The normalized spacial score (nSPS) is 23.1. The lowest BCUT2D eigenvalue weighted by Crippen LogP contribution is -2.34. The maximum atomic E-state index is 10.7. The second kappa shape index (κ2) is 6.78. The maximum absolute atomic E-state index is 10.7. The SMILES string of the molecule is CSC1CCCCC1Nc1ccc([N+](=O)[O-])cc1I. The van der Waals surface area contributed by atoms with Crippen LogP contribution >= 0.6 is 34.4 Å². The van der Waals surface area contributed by atoms with Crippen LogP contribution in [0.15, 0.2) is 18.2 Å². The third-order valence-electron chi connectivity index (χ3n) is 3.51. The van der Waals surface area contributed by atoms with E-state index in [2.05, 4.69) is 34.2 Å². The average Bonchev–Trinajstić information content (AvgIpc) is 2.41. The molecule has 1 aliphatic rings. The molecule has 0 amide bonds. The molecule has 0 aliphatic heterocycles. The van der Waals surface area contributed by atoms with Crippen LogP contribution in [0.25, 0.3) is 0 Å². The van der Waals surface area contributed by atoms with Gasteiger partial charge in [0.15, 0.2) is 0 Å². The molecule has 2 unspecified atom stereocenters. The molecule has 1 saturated carbocycles. The van der Waals surface area contributed by atoms with Crippen LogP contribution in [-0.4, -0.2) is 22.5 Å². The van der Waals surface area contributed by atoms with Gasteiger partial charge in [0, 0.05) is 32.7 Å². The Labute approximate surface area is 131 Å². The van der Waals surface area contributed by atoms with E-state index in [1.165, 1.54) is 25.7 Å². The Balaban J connectivity index is 2.11. The number of halogens is 1. The molecule has 0 bridgehead atoms. The van der Waals surface area contributed by atoms with Crippen molar-refractivity contribution in [2.45, 2.75) is 37.0 Å². The molecule has 0 saturated heterocycles. The number of hydrogen-bond acceptors (Lipinski definition) is 4. The van der Waals surface area contributed by atoms with Gasteiger partial charge in [0.25, 0.3) is 5.69 Å². The molecule has 19 heavy (non-hydrogen) atoms. The van der Waals surface area contributed by atoms with E-state index in [0.29, 0.717) is 11.3 Å². The van der Waals surface area contributed by atoms with Crippen LogP contribution in [-0.2, 0) is 0 Å². The fraction of sp³-hybridized carbons (Fsp3) is 0.538. The summed E-state index contributed by atoms with van der Waals surface area (Å²) >= 11 is 4.07. The molecule has 1 fully saturated rings. The van der Waals surface area contributed by atoms with Crippen molar-refractivity contribution in [2.24, 2.45) is 0 Å². The van der Waals surface area contributed by atoms with Gasteiger partial charge >= 0.3 is 0 Å². The van der Waals surface area contributed by atoms with E-state index in [1.807, 2.05) is 17.8 Å². The molecule has 0 heterocycles. The molecule has 0 radical (unpaired) electrons. The predicted octanol–water partition coefficient (Wildman–Crippen LogP) is 4.29. The average molecular weight is 392 g/mol.